The Kier molecular flexibility index (Phi) is 8.16. The summed E-state index contributed by atoms with van der Waals surface area (Å²) in [5.74, 6) is -0.568. The second kappa shape index (κ2) is 11.2. The molecule has 2 amide bonds. The molecule has 0 fully saturated rings. The summed E-state index contributed by atoms with van der Waals surface area (Å²) in [5.41, 5.74) is 2.81. The van der Waals surface area contributed by atoms with Crippen LogP contribution in [0.3, 0.4) is 0 Å². The van der Waals surface area contributed by atoms with Gasteiger partial charge >= 0.3 is 5.97 Å². The van der Waals surface area contributed by atoms with E-state index in [0.717, 1.165) is 15.6 Å². The van der Waals surface area contributed by atoms with Crippen LogP contribution in [0.15, 0.2) is 77.3 Å². The highest BCUT2D eigenvalue weighted by atomic mass is 79.9. The van der Waals surface area contributed by atoms with Gasteiger partial charge in [-0.1, -0.05) is 58.4 Å². The van der Waals surface area contributed by atoms with E-state index >= 15 is 0 Å². The van der Waals surface area contributed by atoms with E-state index in [0.29, 0.717) is 36.4 Å². The van der Waals surface area contributed by atoms with Gasteiger partial charge in [-0.05, 0) is 47.9 Å². The fourth-order valence-electron chi connectivity index (χ4n) is 3.09. The lowest BCUT2D eigenvalue weighted by Gasteiger charge is -2.13. The first-order chi connectivity index (χ1) is 15.4. The summed E-state index contributed by atoms with van der Waals surface area (Å²) in [6, 6.07) is 21.5. The molecule has 0 aliphatic heterocycles. The number of hydrogen-bond donors (Lipinski definition) is 2. The third-order valence-electron chi connectivity index (χ3n) is 4.68. The van der Waals surface area contributed by atoms with Crippen LogP contribution in [0.1, 0.15) is 34.8 Å². The first-order valence-corrected chi connectivity index (χ1v) is 10.9. The number of rotatable bonds is 8. The van der Waals surface area contributed by atoms with Crippen molar-refractivity contribution in [2.45, 2.75) is 26.3 Å². The minimum Gasteiger partial charge on any atom is -0.427 e. The molecule has 0 saturated carbocycles. The number of carbonyl (C=O) groups excluding carboxylic acids is 3. The van der Waals surface area contributed by atoms with Crippen LogP contribution in [-0.4, -0.2) is 17.8 Å². The largest absolute Gasteiger partial charge is 0.427 e. The molecule has 0 aromatic heterocycles. The van der Waals surface area contributed by atoms with Crippen molar-refractivity contribution in [3.05, 3.63) is 94.0 Å². The molecule has 0 radical (unpaired) electrons. The van der Waals surface area contributed by atoms with Crippen molar-refractivity contribution in [2.24, 2.45) is 0 Å². The predicted molar refractivity (Wildman–Crippen MR) is 126 cm³/mol. The maximum absolute atomic E-state index is 12.7. The molecule has 32 heavy (non-hydrogen) atoms. The second-order valence-corrected chi connectivity index (χ2v) is 7.96. The number of carbonyl (C=O) groups is 3. The molecular weight excluding hydrogens is 472 g/mol. The molecule has 0 heterocycles. The highest BCUT2D eigenvalue weighted by Gasteiger charge is 2.12. The minimum absolute atomic E-state index is 0.0732. The summed E-state index contributed by atoms with van der Waals surface area (Å²) < 4.78 is 6.02. The minimum atomic E-state index is -0.455. The molecule has 3 aromatic rings. The number of hydrogen-bond acceptors (Lipinski definition) is 4. The van der Waals surface area contributed by atoms with Crippen molar-refractivity contribution in [1.82, 2.24) is 5.32 Å². The Bertz CT molecular complexity index is 1130. The van der Waals surface area contributed by atoms with Gasteiger partial charge in [-0.3, -0.25) is 14.4 Å². The molecule has 0 saturated heterocycles. The van der Waals surface area contributed by atoms with Crippen molar-refractivity contribution < 1.29 is 19.1 Å². The van der Waals surface area contributed by atoms with Gasteiger partial charge in [-0.25, -0.2) is 0 Å². The zero-order valence-electron chi connectivity index (χ0n) is 17.6. The standard InChI is InChI=1S/C25H23BrN2O4/c1-17(29)32-21-10-6-9-19(15-21)25(31)28-23-12-5-3-8-20(23)16-27-24(30)14-13-18-7-2-4-11-22(18)26/h2-12,15H,13-14,16H2,1H3,(H,27,30)(H,28,31). The molecule has 3 rings (SSSR count). The normalized spacial score (nSPS) is 10.3. The number of para-hydroxylation sites is 1. The van der Waals surface area contributed by atoms with Gasteiger partial charge < -0.3 is 15.4 Å². The second-order valence-electron chi connectivity index (χ2n) is 7.10. The lowest BCUT2D eigenvalue weighted by atomic mass is 10.1. The van der Waals surface area contributed by atoms with E-state index in [1.165, 1.54) is 13.0 Å². The smallest absolute Gasteiger partial charge is 0.308 e. The predicted octanol–water partition coefficient (Wildman–Crippen LogP) is 4.88. The number of benzene rings is 3. The SMILES string of the molecule is CC(=O)Oc1cccc(C(=O)Nc2ccccc2CNC(=O)CCc2ccccc2Br)c1. The summed E-state index contributed by atoms with van der Waals surface area (Å²) in [6.45, 7) is 1.59. The Morgan fingerprint density at radius 1 is 0.906 bits per heavy atom. The summed E-state index contributed by atoms with van der Waals surface area (Å²) in [4.78, 5) is 36.2. The van der Waals surface area contributed by atoms with Crippen molar-refractivity contribution in [3.63, 3.8) is 0 Å². The first-order valence-electron chi connectivity index (χ1n) is 10.1. The fourth-order valence-corrected chi connectivity index (χ4v) is 3.57. The van der Waals surface area contributed by atoms with E-state index in [1.807, 2.05) is 42.5 Å². The highest BCUT2D eigenvalue weighted by Crippen LogP contribution is 2.20. The van der Waals surface area contributed by atoms with Crippen molar-refractivity contribution >= 4 is 39.4 Å². The number of aryl methyl sites for hydroxylation is 1. The summed E-state index contributed by atoms with van der Waals surface area (Å²) in [6.07, 6.45) is 0.990. The van der Waals surface area contributed by atoms with Gasteiger partial charge in [0.15, 0.2) is 0 Å². The van der Waals surface area contributed by atoms with Crippen LogP contribution in [0.2, 0.25) is 0 Å². The number of amides is 2. The topological polar surface area (TPSA) is 84.5 Å². The summed E-state index contributed by atoms with van der Waals surface area (Å²) in [7, 11) is 0. The van der Waals surface area contributed by atoms with Gasteiger partial charge in [-0.15, -0.1) is 0 Å². The summed E-state index contributed by atoms with van der Waals surface area (Å²) in [5, 5.41) is 5.77. The fraction of sp³-hybridized carbons (Fsp3) is 0.160. The van der Waals surface area contributed by atoms with Gasteiger partial charge in [0.25, 0.3) is 5.91 Å². The van der Waals surface area contributed by atoms with Crippen LogP contribution in [0.5, 0.6) is 5.75 Å². The molecule has 2 N–H and O–H groups in total. The van der Waals surface area contributed by atoms with Gasteiger partial charge in [0, 0.05) is 35.6 Å². The molecule has 164 valence electrons. The zero-order chi connectivity index (χ0) is 22.9. The first kappa shape index (κ1) is 23.2. The molecule has 3 aromatic carbocycles. The number of halogens is 1. The molecule has 6 nitrogen and oxygen atoms in total. The molecule has 0 aliphatic rings. The van der Waals surface area contributed by atoms with E-state index in [9.17, 15) is 14.4 Å². The molecule has 0 aliphatic carbocycles. The van der Waals surface area contributed by atoms with Gasteiger partial charge in [0.2, 0.25) is 5.91 Å². The third-order valence-corrected chi connectivity index (χ3v) is 5.45. The lowest BCUT2D eigenvalue weighted by Crippen LogP contribution is -2.24. The summed E-state index contributed by atoms with van der Waals surface area (Å²) >= 11 is 3.49. The van der Waals surface area contributed by atoms with Gasteiger partial charge in [0.1, 0.15) is 5.75 Å². The Labute approximate surface area is 195 Å². The molecule has 0 bridgehead atoms. The Hall–Kier alpha value is -3.45. The van der Waals surface area contributed by atoms with Gasteiger partial charge in [0.05, 0.1) is 0 Å². The Balaban J connectivity index is 1.59. The molecule has 0 atom stereocenters. The van der Waals surface area contributed by atoms with Crippen LogP contribution in [0, 0.1) is 0 Å². The molecular formula is C25H23BrN2O4. The van der Waals surface area contributed by atoms with Crippen LogP contribution in [-0.2, 0) is 22.6 Å². The third kappa shape index (κ3) is 6.78. The average Bonchev–Trinajstić information content (AvgIpc) is 2.77. The van der Waals surface area contributed by atoms with Crippen LogP contribution < -0.4 is 15.4 Å². The number of nitrogens with one attached hydrogen (secondary N) is 2. The van der Waals surface area contributed by atoms with Crippen molar-refractivity contribution in [2.75, 3.05) is 5.32 Å². The quantitative estimate of drug-likeness (QED) is 0.345. The molecule has 0 spiro atoms. The number of ether oxygens (including phenoxy) is 1. The Morgan fingerprint density at radius 2 is 1.62 bits per heavy atom. The maximum atomic E-state index is 12.7. The van der Waals surface area contributed by atoms with Crippen molar-refractivity contribution in [1.29, 1.82) is 0 Å². The Morgan fingerprint density at radius 3 is 2.38 bits per heavy atom. The maximum Gasteiger partial charge on any atom is 0.308 e. The lowest BCUT2D eigenvalue weighted by molar-refractivity contribution is -0.131. The van der Waals surface area contributed by atoms with Crippen LogP contribution in [0.25, 0.3) is 0 Å². The average molecular weight is 495 g/mol. The van der Waals surface area contributed by atoms with E-state index < -0.39 is 5.97 Å². The van der Waals surface area contributed by atoms with E-state index in [-0.39, 0.29) is 11.8 Å². The van der Waals surface area contributed by atoms with Gasteiger partial charge in [-0.2, -0.15) is 0 Å². The van der Waals surface area contributed by atoms with Crippen LogP contribution in [0.4, 0.5) is 5.69 Å². The van der Waals surface area contributed by atoms with Crippen LogP contribution >= 0.6 is 15.9 Å². The highest BCUT2D eigenvalue weighted by molar-refractivity contribution is 9.10. The van der Waals surface area contributed by atoms with E-state index in [1.54, 1.807) is 24.3 Å². The van der Waals surface area contributed by atoms with Crippen molar-refractivity contribution in [3.8, 4) is 5.75 Å². The number of anilines is 1. The number of esters is 1. The van der Waals surface area contributed by atoms with E-state index in [2.05, 4.69) is 26.6 Å². The monoisotopic (exact) mass is 494 g/mol. The van der Waals surface area contributed by atoms with E-state index in [4.69, 9.17) is 4.74 Å². The molecule has 0 unspecified atom stereocenters. The molecule has 7 heteroatoms. The zero-order valence-corrected chi connectivity index (χ0v) is 19.1.